The summed E-state index contributed by atoms with van der Waals surface area (Å²) in [7, 11) is 0. The van der Waals surface area contributed by atoms with Gasteiger partial charge in [0, 0.05) is 21.6 Å². The molecule has 1 aromatic carbocycles. The van der Waals surface area contributed by atoms with Crippen molar-refractivity contribution < 1.29 is 0 Å². The van der Waals surface area contributed by atoms with Crippen molar-refractivity contribution in [1.29, 1.82) is 5.26 Å². The van der Waals surface area contributed by atoms with Crippen molar-refractivity contribution in [3.63, 3.8) is 0 Å². The molecule has 0 bridgehead atoms. The Morgan fingerprint density at radius 1 is 1.57 bits per heavy atom. The molecule has 1 heterocycles. The molecule has 0 amide bonds. The zero-order valence-corrected chi connectivity index (χ0v) is 9.19. The normalized spacial score (nSPS) is 24.6. The van der Waals surface area contributed by atoms with Crippen molar-refractivity contribution in [2.45, 2.75) is 23.1 Å². The van der Waals surface area contributed by atoms with Crippen LogP contribution in [-0.4, -0.2) is 11.3 Å². The molecule has 4 heteroatoms. The Morgan fingerprint density at radius 3 is 3.07 bits per heavy atom. The molecular weight excluding hydrogens is 216 g/mol. The quantitative estimate of drug-likeness (QED) is 0.736. The van der Waals surface area contributed by atoms with Crippen molar-refractivity contribution in [2.75, 3.05) is 5.32 Å². The molecule has 0 fully saturated rings. The van der Waals surface area contributed by atoms with Crippen molar-refractivity contribution >= 4 is 29.1 Å². The highest BCUT2D eigenvalue weighted by Gasteiger charge is 2.25. The van der Waals surface area contributed by atoms with E-state index in [0.717, 1.165) is 10.6 Å². The third-order valence-corrected chi connectivity index (χ3v) is 3.76. The van der Waals surface area contributed by atoms with Crippen molar-refractivity contribution in [3.05, 3.63) is 23.2 Å². The molecule has 14 heavy (non-hydrogen) atoms. The van der Waals surface area contributed by atoms with Crippen LogP contribution in [0.1, 0.15) is 6.92 Å². The lowest BCUT2D eigenvalue weighted by Gasteiger charge is -2.27. The van der Waals surface area contributed by atoms with Gasteiger partial charge in [-0.3, -0.25) is 0 Å². The van der Waals surface area contributed by atoms with Gasteiger partial charge in [-0.05, 0) is 25.1 Å². The maximum absolute atomic E-state index is 8.91. The number of fused-ring (bicyclic) bond motifs is 1. The average Bonchev–Trinajstić information content (AvgIpc) is 2.17. The lowest BCUT2D eigenvalue weighted by molar-refractivity contribution is 0.819. The van der Waals surface area contributed by atoms with Crippen LogP contribution in [0.2, 0.25) is 5.02 Å². The number of anilines is 1. The van der Waals surface area contributed by atoms with E-state index in [2.05, 4.69) is 11.4 Å². The Bertz CT molecular complexity index is 400. The van der Waals surface area contributed by atoms with E-state index in [-0.39, 0.29) is 11.3 Å². The van der Waals surface area contributed by atoms with Gasteiger partial charge >= 0.3 is 0 Å². The summed E-state index contributed by atoms with van der Waals surface area (Å²) in [6.45, 7) is 2.01. The first-order valence-corrected chi connectivity index (χ1v) is 5.59. The predicted octanol–water partition coefficient (Wildman–Crippen LogP) is 3.14. The third-order valence-electron chi connectivity index (χ3n) is 2.16. The molecule has 0 aromatic heterocycles. The SMILES string of the molecule is CC1Nc2ccc(Cl)cc2SC1C#N. The number of halogens is 1. The molecule has 72 valence electrons. The van der Waals surface area contributed by atoms with E-state index in [9.17, 15) is 0 Å². The zero-order chi connectivity index (χ0) is 10.1. The Balaban J connectivity index is 2.37. The van der Waals surface area contributed by atoms with E-state index in [1.54, 1.807) is 11.8 Å². The fourth-order valence-corrected chi connectivity index (χ4v) is 2.70. The molecule has 2 atom stereocenters. The second-order valence-corrected chi connectivity index (χ2v) is 4.86. The van der Waals surface area contributed by atoms with Crippen LogP contribution in [0.25, 0.3) is 0 Å². The summed E-state index contributed by atoms with van der Waals surface area (Å²) in [6.07, 6.45) is 0. The summed E-state index contributed by atoms with van der Waals surface area (Å²) < 4.78 is 0. The van der Waals surface area contributed by atoms with Gasteiger partial charge in [-0.2, -0.15) is 5.26 Å². The van der Waals surface area contributed by atoms with Crippen molar-refractivity contribution in [3.8, 4) is 6.07 Å². The van der Waals surface area contributed by atoms with Crippen molar-refractivity contribution in [1.82, 2.24) is 0 Å². The average molecular weight is 225 g/mol. The van der Waals surface area contributed by atoms with E-state index < -0.39 is 0 Å². The van der Waals surface area contributed by atoms with Crippen LogP contribution in [0.4, 0.5) is 5.69 Å². The van der Waals surface area contributed by atoms with Crippen LogP contribution >= 0.6 is 23.4 Å². The summed E-state index contributed by atoms with van der Waals surface area (Å²) in [5, 5.41) is 12.9. The highest BCUT2D eigenvalue weighted by molar-refractivity contribution is 8.00. The summed E-state index contributed by atoms with van der Waals surface area (Å²) >= 11 is 7.45. The van der Waals surface area contributed by atoms with Crippen LogP contribution in [0.15, 0.2) is 23.1 Å². The number of rotatable bonds is 0. The predicted molar refractivity (Wildman–Crippen MR) is 59.8 cm³/mol. The molecule has 2 nitrogen and oxygen atoms in total. The van der Waals surface area contributed by atoms with E-state index in [4.69, 9.17) is 16.9 Å². The van der Waals surface area contributed by atoms with Gasteiger partial charge in [0.25, 0.3) is 0 Å². The standard InChI is InChI=1S/C10H9ClN2S/c1-6-10(5-12)14-9-4-7(11)2-3-8(9)13-6/h2-4,6,10,13H,1H3. The van der Waals surface area contributed by atoms with Gasteiger partial charge in [0.2, 0.25) is 0 Å². The molecular formula is C10H9ClN2S. The fraction of sp³-hybridized carbons (Fsp3) is 0.300. The monoisotopic (exact) mass is 224 g/mol. The number of nitriles is 1. The summed E-state index contributed by atoms with van der Waals surface area (Å²) in [6, 6.07) is 8.15. The first kappa shape index (κ1) is 9.70. The maximum Gasteiger partial charge on any atom is 0.116 e. The largest absolute Gasteiger partial charge is 0.379 e. The van der Waals surface area contributed by atoms with Gasteiger partial charge in [0.1, 0.15) is 5.25 Å². The topological polar surface area (TPSA) is 35.8 Å². The molecule has 1 N–H and O–H groups in total. The van der Waals surface area contributed by atoms with Gasteiger partial charge in [-0.15, -0.1) is 11.8 Å². The van der Waals surface area contributed by atoms with Gasteiger partial charge in [0.05, 0.1) is 6.07 Å². The molecule has 2 rings (SSSR count). The third kappa shape index (κ3) is 1.68. The zero-order valence-electron chi connectivity index (χ0n) is 7.62. The molecule has 1 aromatic rings. The number of nitrogens with one attached hydrogen (secondary N) is 1. The highest BCUT2D eigenvalue weighted by Crippen LogP contribution is 2.38. The number of hydrogen-bond donors (Lipinski definition) is 1. The van der Waals surface area contributed by atoms with Gasteiger partial charge in [-0.25, -0.2) is 0 Å². The molecule has 2 unspecified atom stereocenters. The van der Waals surface area contributed by atoms with Gasteiger partial charge in [0.15, 0.2) is 0 Å². The number of thioether (sulfide) groups is 1. The van der Waals surface area contributed by atoms with E-state index in [1.165, 1.54) is 0 Å². The Morgan fingerprint density at radius 2 is 2.36 bits per heavy atom. The molecule has 1 aliphatic heterocycles. The van der Waals surface area contributed by atoms with Crippen LogP contribution in [-0.2, 0) is 0 Å². The second kappa shape index (κ2) is 3.72. The second-order valence-electron chi connectivity index (χ2n) is 3.24. The van der Waals surface area contributed by atoms with E-state index in [0.29, 0.717) is 5.02 Å². The number of hydrogen-bond acceptors (Lipinski definition) is 3. The van der Waals surface area contributed by atoms with Crippen molar-refractivity contribution in [2.24, 2.45) is 0 Å². The lowest BCUT2D eigenvalue weighted by atomic mass is 10.2. The minimum atomic E-state index is -0.0408. The Labute approximate surface area is 92.3 Å². The summed E-state index contributed by atoms with van der Waals surface area (Å²) in [5.41, 5.74) is 1.07. The first-order chi connectivity index (χ1) is 6.70. The smallest absolute Gasteiger partial charge is 0.116 e. The van der Waals surface area contributed by atoms with Crippen LogP contribution in [0.5, 0.6) is 0 Å². The molecule has 0 spiro atoms. The first-order valence-electron chi connectivity index (χ1n) is 4.33. The number of nitrogens with zero attached hydrogens (tertiary/aromatic N) is 1. The molecule has 0 aliphatic carbocycles. The molecule has 0 saturated carbocycles. The van der Waals surface area contributed by atoms with E-state index >= 15 is 0 Å². The fourth-order valence-electron chi connectivity index (χ4n) is 1.41. The lowest BCUT2D eigenvalue weighted by Crippen LogP contribution is -2.30. The summed E-state index contributed by atoms with van der Waals surface area (Å²) in [4.78, 5) is 1.06. The van der Waals surface area contributed by atoms with Crippen LogP contribution in [0, 0.1) is 11.3 Å². The van der Waals surface area contributed by atoms with Gasteiger partial charge < -0.3 is 5.32 Å². The van der Waals surface area contributed by atoms with Crippen LogP contribution in [0.3, 0.4) is 0 Å². The van der Waals surface area contributed by atoms with Gasteiger partial charge in [-0.1, -0.05) is 11.6 Å². The number of benzene rings is 1. The van der Waals surface area contributed by atoms with Crippen LogP contribution < -0.4 is 5.32 Å². The molecule has 1 aliphatic rings. The molecule has 0 radical (unpaired) electrons. The highest BCUT2D eigenvalue weighted by atomic mass is 35.5. The maximum atomic E-state index is 8.91. The summed E-state index contributed by atoms with van der Waals surface area (Å²) in [5.74, 6) is 0. The molecule has 0 saturated heterocycles. The minimum Gasteiger partial charge on any atom is -0.379 e. The minimum absolute atomic E-state index is 0.0408. The Kier molecular flexibility index (Phi) is 2.58. The van der Waals surface area contributed by atoms with E-state index in [1.807, 2.05) is 25.1 Å². The Hall–Kier alpha value is -0.850.